The van der Waals surface area contributed by atoms with Crippen LogP contribution in [0.5, 0.6) is 5.75 Å². The minimum absolute atomic E-state index is 0.0250. The van der Waals surface area contributed by atoms with E-state index in [9.17, 15) is 18.3 Å². The molecule has 1 atom stereocenters. The third-order valence-corrected chi connectivity index (χ3v) is 7.43. The second kappa shape index (κ2) is 11.5. The summed E-state index contributed by atoms with van der Waals surface area (Å²) in [5, 5.41) is 13.9. The fourth-order valence-electron chi connectivity index (χ4n) is 3.71. The third kappa shape index (κ3) is 7.58. The highest BCUT2D eigenvalue weighted by atomic mass is 35.5. The number of rotatable bonds is 9. The summed E-state index contributed by atoms with van der Waals surface area (Å²) in [4.78, 5) is 14.6. The van der Waals surface area contributed by atoms with Crippen LogP contribution in [-0.4, -0.2) is 69.0 Å². The number of nitrogens with one attached hydrogen (secondary N) is 1. The molecule has 0 bridgehead atoms. The molecule has 1 saturated heterocycles. The van der Waals surface area contributed by atoms with Gasteiger partial charge in [-0.3, -0.25) is 4.79 Å². The lowest BCUT2D eigenvalue weighted by atomic mass is 10.1. The number of amides is 1. The number of benzene rings is 2. The van der Waals surface area contributed by atoms with E-state index in [1.165, 1.54) is 12.1 Å². The first kappa shape index (κ1) is 25.8. The fraction of sp³-hybridized carbons (Fsp3) is 0.435. The molecule has 0 aromatic heterocycles. The van der Waals surface area contributed by atoms with Gasteiger partial charge in [-0.1, -0.05) is 35.3 Å². The molecule has 1 aliphatic rings. The molecule has 2 N–H and O–H groups in total. The van der Waals surface area contributed by atoms with E-state index in [-0.39, 0.29) is 23.1 Å². The average molecular weight is 515 g/mol. The maximum atomic E-state index is 12.4. The van der Waals surface area contributed by atoms with Crippen molar-refractivity contribution < 1.29 is 23.1 Å². The Labute approximate surface area is 204 Å². The fourth-order valence-corrected chi connectivity index (χ4v) is 4.88. The Hall–Kier alpha value is -1.84. The van der Waals surface area contributed by atoms with Gasteiger partial charge >= 0.3 is 0 Å². The normalized spacial score (nSPS) is 16.4. The zero-order valence-corrected chi connectivity index (χ0v) is 20.7. The summed E-state index contributed by atoms with van der Waals surface area (Å²) in [5.74, 6) is 0.182. The largest absolute Gasteiger partial charge is 0.490 e. The first-order valence-electron chi connectivity index (χ1n) is 10.7. The van der Waals surface area contributed by atoms with Gasteiger partial charge in [-0.15, -0.1) is 0 Å². The van der Waals surface area contributed by atoms with Gasteiger partial charge in [0.2, 0.25) is 0 Å². The van der Waals surface area contributed by atoms with Crippen molar-refractivity contribution in [3.63, 3.8) is 0 Å². The summed E-state index contributed by atoms with van der Waals surface area (Å²) < 4.78 is 29.7. The summed E-state index contributed by atoms with van der Waals surface area (Å²) in [7, 11) is -3.52. The minimum Gasteiger partial charge on any atom is -0.490 e. The Morgan fingerprint density at radius 3 is 2.55 bits per heavy atom. The van der Waals surface area contributed by atoms with E-state index in [0.717, 1.165) is 32.2 Å². The number of carbonyl (C=O) groups is 1. The molecule has 2 aromatic rings. The van der Waals surface area contributed by atoms with Gasteiger partial charge in [-0.2, -0.15) is 0 Å². The van der Waals surface area contributed by atoms with Crippen molar-refractivity contribution in [2.45, 2.75) is 36.4 Å². The number of sulfone groups is 1. The highest BCUT2D eigenvalue weighted by Gasteiger charge is 2.22. The van der Waals surface area contributed by atoms with Gasteiger partial charge in [0.15, 0.2) is 9.84 Å². The summed E-state index contributed by atoms with van der Waals surface area (Å²) in [6.45, 7) is 2.42. The molecule has 0 radical (unpaired) electrons. The topological polar surface area (TPSA) is 95.9 Å². The van der Waals surface area contributed by atoms with Crippen molar-refractivity contribution >= 4 is 38.9 Å². The summed E-state index contributed by atoms with van der Waals surface area (Å²) >= 11 is 12.0. The lowest BCUT2D eigenvalue weighted by molar-refractivity contribution is 0.0798. The smallest absolute Gasteiger partial charge is 0.252 e. The Bertz CT molecular complexity index is 1070. The molecule has 10 heteroatoms. The zero-order chi connectivity index (χ0) is 24.0. The van der Waals surface area contributed by atoms with E-state index in [0.29, 0.717) is 28.8 Å². The standard InChI is InChI=1S/C23H28Cl2N2O5S/c1-33(30,31)22-5-3-2-4-19(22)23(29)26-15-16(28)8-11-27-12-9-17(10-13-27)32-18-6-7-20(24)21(25)14-18/h2-7,14,16-17,28H,8-13,15H2,1H3,(H,26,29). The maximum absolute atomic E-state index is 12.4. The number of aliphatic hydroxyl groups is 1. The molecule has 0 spiro atoms. The molecule has 0 aliphatic carbocycles. The van der Waals surface area contributed by atoms with Gasteiger partial charge in [-0.05, 0) is 43.5 Å². The molecule has 2 aromatic carbocycles. The van der Waals surface area contributed by atoms with E-state index in [2.05, 4.69) is 10.2 Å². The minimum atomic E-state index is -3.52. The molecule has 1 aliphatic heterocycles. The molecule has 7 nitrogen and oxygen atoms in total. The predicted octanol–water partition coefficient (Wildman–Crippen LogP) is 3.42. The highest BCUT2D eigenvalue weighted by molar-refractivity contribution is 7.90. The first-order valence-corrected chi connectivity index (χ1v) is 13.4. The first-order chi connectivity index (χ1) is 15.6. The van der Waals surface area contributed by atoms with Crippen molar-refractivity contribution in [2.24, 2.45) is 0 Å². The number of nitrogens with zero attached hydrogens (tertiary/aromatic N) is 1. The highest BCUT2D eigenvalue weighted by Crippen LogP contribution is 2.28. The number of aliphatic hydroxyl groups excluding tert-OH is 1. The monoisotopic (exact) mass is 514 g/mol. The van der Waals surface area contributed by atoms with Crippen LogP contribution in [0.3, 0.4) is 0 Å². The number of likely N-dealkylation sites (tertiary alicyclic amines) is 1. The van der Waals surface area contributed by atoms with E-state index >= 15 is 0 Å². The Morgan fingerprint density at radius 1 is 1.18 bits per heavy atom. The summed E-state index contributed by atoms with van der Waals surface area (Å²) in [6, 6.07) is 11.3. The van der Waals surface area contributed by atoms with E-state index in [1.54, 1.807) is 30.3 Å². The van der Waals surface area contributed by atoms with Crippen LogP contribution in [0.2, 0.25) is 10.0 Å². The van der Waals surface area contributed by atoms with Gasteiger partial charge in [0.05, 0.1) is 26.6 Å². The second-order valence-electron chi connectivity index (χ2n) is 8.16. The van der Waals surface area contributed by atoms with Gasteiger partial charge in [0.25, 0.3) is 5.91 Å². The van der Waals surface area contributed by atoms with Gasteiger partial charge in [0, 0.05) is 38.5 Å². The van der Waals surface area contributed by atoms with Crippen LogP contribution < -0.4 is 10.1 Å². The quantitative estimate of drug-likeness (QED) is 0.532. The van der Waals surface area contributed by atoms with Crippen LogP contribution in [-0.2, 0) is 9.84 Å². The number of halogens is 2. The van der Waals surface area contributed by atoms with Crippen molar-refractivity contribution in [1.82, 2.24) is 10.2 Å². The zero-order valence-electron chi connectivity index (χ0n) is 18.3. The molecular formula is C23H28Cl2N2O5S. The number of ether oxygens (including phenoxy) is 1. The number of hydrogen-bond donors (Lipinski definition) is 2. The lowest BCUT2D eigenvalue weighted by Crippen LogP contribution is -2.40. The number of hydrogen-bond acceptors (Lipinski definition) is 6. The molecule has 1 amide bonds. The van der Waals surface area contributed by atoms with Crippen LogP contribution in [0.25, 0.3) is 0 Å². The Balaban J connectivity index is 1.39. The molecule has 33 heavy (non-hydrogen) atoms. The van der Waals surface area contributed by atoms with Gasteiger partial charge < -0.3 is 20.1 Å². The van der Waals surface area contributed by atoms with Gasteiger partial charge in [-0.25, -0.2) is 8.42 Å². The molecule has 1 heterocycles. The lowest BCUT2D eigenvalue weighted by Gasteiger charge is -2.32. The van der Waals surface area contributed by atoms with Crippen molar-refractivity contribution in [3.8, 4) is 5.75 Å². The van der Waals surface area contributed by atoms with Crippen LogP contribution >= 0.6 is 23.2 Å². The Kier molecular flexibility index (Phi) is 9.01. The van der Waals surface area contributed by atoms with Crippen LogP contribution in [0.4, 0.5) is 0 Å². The Morgan fingerprint density at radius 2 is 1.88 bits per heavy atom. The number of piperidine rings is 1. The van der Waals surface area contributed by atoms with E-state index in [4.69, 9.17) is 27.9 Å². The average Bonchev–Trinajstić information content (AvgIpc) is 2.79. The van der Waals surface area contributed by atoms with Crippen molar-refractivity contribution in [2.75, 3.05) is 32.4 Å². The van der Waals surface area contributed by atoms with Crippen LogP contribution in [0.15, 0.2) is 47.4 Å². The summed E-state index contributed by atoms with van der Waals surface area (Å²) in [5.41, 5.74) is 0.0799. The number of carbonyl (C=O) groups excluding carboxylic acids is 1. The SMILES string of the molecule is CS(=O)(=O)c1ccccc1C(=O)NCC(O)CCN1CCC(Oc2ccc(Cl)c(Cl)c2)CC1. The summed E-state index contributed by atoms with van der Waals surface area (Å²) in [6.07, 6.45) is 2.63. The molecule has 1 unspecified atom stereocenters. The van der Waals surface area contributed by atoms with Crippen molar-refractivity contribution in [1.29, 1.82) is 0 Å². The van der Waals surface area contributed by atoms with Crippen LogP contribution in [0, 0.1) is 0 Å². The van der Waals surface area contributed by atoms with E-state index < -0.39 is 21.8 Å². The molecule has 180 valence electrons. The second-order valence-corrected chi connectivity index (χ2v) is 11.0. The van der Waals surface area contributed by atoms with Crippen molar-refractivity contribution in [3.05, 3.63) is 58.1 Å². The third-order valence-electron chi connectivity index (χ3n) is 5.54. The van der Waals surface area contributed by atoms with Crippen LogP contribution in [0.1, 0.15) is 29.6 Å². The molecule has 1 fully saturated rings. The predicted molar refractivity (Wildman–Crippen MR) is 129 cm³/mol. The van der Waals surface area contributed by atoms with Gasteiger partial charge in [0.1, 0.15) is 11.9 Å². The van der Waals surface area contributed by atoms with E-state index in [1.807, 2.05) is 0 Å². The molecular weight excluding hydrogens is 487 g/mol. The maximum Gasteiger partial charge on any atom is 0.252 e. The molecule has 3 rings (SSSR count). The molecule has 0 saturated carbocycles.